The summed E-state index contributed by atoms with van der Waals surface area (Å²) in [6, 6.07) is 17.0. The molecule has 0 aliphatic carbocycles. The number of fused-ring (bicyclic) bond motifs is 2. The first kappa shape index (κ1) is 14.2. The van der Waals surface area contributed by atoms with Gasteiger partial charge in [-0.05, 0) is 24.3 Å². The van der Waals surface area contributed by atoms with Crippen molar-refractivity contribution in [3.63, 3.8) is 0 Å². The molecule has 0 fully saturated rings. The van der Waals surface area contributed by atoms with E-state index in [2.05, 4.69) is 15.0 Å². The van der Waals surface area contributed by atoms with Gasteiger partial charge in [0.05, 0.1) is 11.0 Å². The largest absolute Gasteiger partial charge is 0.480 e. The van der Waals surface area contributed by atoms with E-state index in [4.69, 9.17) is 9.84 Å². The van der Waals surface area contributed by atoms with Crippen molar-refractivity contribution in [3.8, 4) is 17.3 Å². The van der Waals surface area contributed by atoms with Crippen LogP contribution in [0.1, 0.15) is 0 Å². The Balaban J connectivity index is 1.81. The number of benzene rings is 2. The van der Waals surface area contributed by atoms with Crippen molar-refractivity contribution in [2.24, 2.45) is 0 Å². The topological polar surface area (TPSA) is 88.1 Å². The number of ether oxygens (including phenoxy) is 1. The van der Waals surface area contributed by atoms with Crippen molar-refractivity contribution in [1.82, 2.24) is 15.0 Å². The Morgan fingerprint density at radius 1 is 1.04 bits per heavy atom. The van der Waals surface area contributed by atoms with Gasteiger partial charge in [0.25, 0.3) is 0 Å². The van der Waals surface area contributed by atoms with E-state index >= 15 is 0 Å². The second kappa shape index (κ2) is 5.66. The Morgan fingerprint density at radius 3 is 2.75 bits per heavy atom. The zero-order valence-electron chi connectivity index (χ0n) is 12.6. The van der Waals surface area contributed by atoms with Crippen LogP contribution in [0.5, 0.6) is 5.75 Å². The number of aliphatic carboxylic acids is 1. The molecule has 0 radical (unpaired) electrons. The molecule has 4 rings (SSSR count). The van der Waals surface area contributed by atoms with Gasteiger partial charge >= 0.3 is 5.97 Å². The molecule has 24 heavy (non-hydrogen) atoms. The average molecular weight is 319 g/mol. The Hall–Kier alpha value is -3.41. The van der Waals surface area contributed by atoms with Crippen LogP contribution < -0.4 is 4.74 Å². The number of rotatable bonds is 4. The molecule has 0 bridgehead atoms. The van der Waals surface area contributed by atoms with Crippen molar-refractivity contribution < 1.29 is 14.6 Å². The highest BCUT2D eigenvalue weighted by Gasteiger charge is 2.10. The van der Waals surface area contributed by atoms with Crippen LogP contribution >= 0.6 is 0 Å². The molecule has 6 heteroatoms. The zero-order chi connectivity index (χ0) is 16.5. The Kier molecular flexibility index (Phi) is 3.35. The van der Waals surface area contributed by atoms with Crippen molar-refractivity contribution in [1.29, 1.82) is 0 Å². The summed E-state index contributed by atoms with van der Waals surface area (Å²) in [6.45, 7) is -0.407. The fourth-order valence-corrected chi connectivity index (χ4v) is 2.58. The second-order valence-corrected chi connectivity index (χ2v) is 5.31. The minimum Gasteiger partial charge on any atom is -0.480 e. The SMILES string of the molecule is O=C(O)COc1cccc2ccc(-c3nc4ccccc4[nH]3)nc12. The number of hydrogen-bond donors (Lipinski definition) is 2. The Morgan fingerprint density at radius 2 is 1.92 bits per heavy atom. The van der Waals surface area contributed by atoms with Gasteiger partial charge in [-0.2, -0.15) is 0 Å². The molecular formula is C18H13N3O3. The van der Waals surface area contributed by atoms with Gasteiger partial charge in [0.1, 0.15) is 17.0 Å². The summed E-state index contributed by atoms with van der Waals surface area (Å²) >= 11 is 0. The first-order valence-corrected chi connectivity index (χ1v) is 7.40. The third-order valence-electron chi connectivity index (χ3n) is 3.67. The monoisotopic (exact) mass is 319 g/mol. The number of nitrogens with zero attached hydrogens (tertiary/aromatic N) is 2. The van der Waals surface area contributed by atoms with E-state index in [-0.39, 0.29) is 0 Å². The first-order valence-electron chi connectivity index (χ1n) is 7.40. The molecule has 0 amide bonds. The van der Waals surface area contributed by atoms with Gasteiger partial charge < -0.3 is 14.8 Å². The van der Waals surface area contributed by atoms with E-state index in [0.717, 1.165) is 16.4 Å². The quantitative estimate of drug-likeness (QED) is 0.603. The van der Waals surface area contributed by atoms with Gasteiger partial charge in [0.2, 0.25) is 0 Å². The normalized spacial score (nSPS) is 11.0. The van der Waals surface area contributed by atoms with Gasteiger partial charge in [-0.25, -0.2) is 14.8 Å². The van der Waals surface area contributed by atoms with Crippen molar-refractivity contribution in [2.45, 2.75) is 0 Å². The second-order valence-electron chi connectivity index (χ2n) is 5.31. The zero-order valence-corrected chi connectivity index (χ0v) is 12.6. The van der Waals surface area contributed by atoms with Gasteiger partial charge in [0.15, 0.2) is 12.4 Å². The lowest BCUT2D eigenvalue weighted by Gasteiger charge is -2.07. The fourth-order valence-electron chi connectivity index (χ4n) is 2.58. The number of para-hydroxylation sites is 3. The maximum Gasteiger partial charge on any atom is 0.341 e. The van der Waals surface area contributed by atoms with Gasteiger partial charge in [-0.15, -0.1) is 0 Å². The van der Waals surface area contributed by atoms with E-state index in [0.29, 0.717) is 22.8 Å². The molecule has 0 aliphatic rings. The third kappa shape index (κ3) is 2.54. The molecule has 118 valence electrons. The highest BCUT2D eigenvalue weighted by Crippen LogP contribution is 2.27. The molecule has 0 saturated carbocycles. The number of hydrogen-bond acceptors (Lipinski definition) is 4. The summed E-state index contributed by atoms with van der Waals surface area (Å²) in [5.74, 6) is 0.0689. The number of nitrogens with one attached hydrogen (secondary N) is 1. The molecule has 2 heterocycles. The van der Waals surface area contributed by atoms with Crippen LogP contribution in [-0.4, -0.2) is 32.6 Å². The predicted molar refractivity (Wildman–Crippen MR) is 90.0 cm³/mol. The van der Waals surface area contributed by atoms with Gasteiger partial charge in [0, 0.05) is 5.39 Å². The molecule has 2 aromatic carbocycles. The average Bonchev–Trinajstić information content (AvgIpc) is 3.03. The molecule has 0 atom stereocenters. The van der Waals surface area contributed by atoms with Gasteiger partial charge in [-0.1, -0.05) is 30.3 Å². The van der Waals surface area contributed by atoms with E-state index in [1.807, 2.05) is 48.5 Å². The van der Waals surface area contributed by atoms with E-state index in [1.54, 1.807) is 6.07 Å². The van der Waals surface area contributed by atoms with Crippen LogP contribution in [0.25, 0.3) is 33.5 Å². The maximum atomic E-state index is 10.7. The molecule has 4 aromatic rings. The van der Waals surface area contributed by atoms with Crippen LogP contribution in [0.3, 0.4) is 0 Å². The van der Waals surface area contributed by atoms with Gasteiger partial charge in [-0.3, -0.25) is 0 Å². The van der Waals surface area contributed by atoms with Crippen molar-refractivity contribution in [2.75, 3.05) is 6.61 Å². The highest BCUT2D eigenvalue weighted by molar-refractivity contribution is 5.87. The number of aromatic amines is 1. The van der Waals surface area contributed by atoms with E-state index in [1.165, 1.54) is 0 Å². The minimum atomic E-state index is -1.03. The lowest BCUT2D eigenvalue weighted by Crippen LogP contribution is -2.09. The standard InChI is InChI=1S/C18H13N3O3/c22-16(23)10-24-15-7-3-4-11-8-9-14(19-17(11)15)18-20-12-5-1-2-6-13(12)21-18/h1-9H,10H2,(H,20,21)(H,22,23). The summed E-state index contributed by atoms with van der Waals surface area (Å²) in [4.78, 5) is 23.1. The smallest absolute Gasteiger partial charge is 0.341 e. The highest BCUT2D eigenvalue weighted by atomic mass is 16.5. The molecular weight excluding hydrogens is 306 g/mol. The number of carboxylic acid groups (broad SMARTS) is 1. The molecule has 0 spiro atoms. The number of H-pyrrole nitrogens is 1. The molecule has 0 aliphatic heterocycles. The molecule has 0 saturated heterocycles. The number of imidazole rings is 1. The van der Waals surface area contributed by atoms with Crippen LogP contribution in [-0.2, 0) is 4.79 Å². The molecule has 2 N–H and O–H groups in total. The molecule has 2 aromatic heterocycles. The summed E-state index contributed by atoms with van der Waals surface area (Å²) in [5, 5.41) is 9.67. The number of pyridine rings is 1. The Bertz CT molecular complexity index is 1020. The van der Waals surface area contributed by atoms with Crippen molar-refractivity contribution in [3.05, 3.63) is 54.6 Å². The summed E-state index contributed by atoms with van der Waals surface area (Å²) < 4.78 is 5.34. The Labute approximate surface area is 136 Å². The van der Waals surface area contributed by atoms with E-state index < -0.39 is 12.6 Å². The van der Waals surface area contributed by atoms with Crippen molar-refractivity contribution >= 4 is 27.9 Å². The van der Waals surface area contributed by atoms with Crippen LogP contribution in [0.2, 0.25) is 0 Å². The predicted octanol–water partition coefficient (Wildman–Crippen LogP) is 3.24. The van der Waals surface area contributed by atoms with Crippen LogP contribution in [0.4, 0.5) is 0 Å². The van der Waals surface area contributed by atoms with Crippen LogP contribution in [0.15, 0.2) is 54.6 Å². The number of carbonyl (C=O) groups is 1. The maximum absolute atomic E-state index is 10.7. The molecule has 0 unspecified atom stereocenters. The minimum absolute atomic E-state index is 0.407. The summed E-state index contributed by atoms with van der Waals surface area (Å²) in [6.07, 6.45) is 0. The fraction of sp³-hybridized carbons (Fsp3) is 0.0556. The lowest BCUT2D eigenvalue weighted by atomic mass is 10.2. The number of carboxylic acids is 1. The summed E-state index contributed by atoms with van der Waals surface area (Å²) in [5.41, 5.74) is 3.08. The third-order valence-corrected chi connectivity index (χ3v) is 3.67. The molecule has 6 nitrogen and oxygen atoms in total. The number of aromatic nitrogens is 3. The van der Waals surface area contributed by atoms with E-state index in [9.17, 15) is 4.79 Å². The van der Waals surface area contributed by atoms with Crippen LogP contribution in [0, 0.1) is 0 Å². The lowest BCUT2D eigenvalue weighted by molar-refractivity contribution is -0.139. The summed E-state index contributed by atoms with van der Waals surface area (Å²) in [7, 11) is 0. The first-order chi connectivity index (χ1) is 11.7.